The molecule has 0 aromatic heterocycles. The number of aliphatic imine (C=N–C) groups is 1. The number of hydrogen-bond donors (Lipinski definition) is 0. The summed E-state index contributed by atoms with van der Waals surface area (Å²) in [6.45, 7) is 6.17. The normalized spacial score (nSPS) is 20.8. The molecule has 3 nitrogen and oxygen atoms in total. The third-order valence-corrected chi connectivity index (χ3v) is 6.95. The number of thioether (sulfide) groups is 1. The van der Waals surface area contributed by atoms with Crippen molar-refractivity contribution >= 4 is 29.0 Å². The van der Waals surface area contributed by atoms with Gasteiger partial charge in [-0.15, -0.1) is 0 Å². The summed E-state index contributed by atoms with van der Waals surface area (Å²) in [6, 6.07) is 11.4. The number of aryl methyl sites for hydroxylation is 1. The van der Waals surface area contributed by atoms with Gasteiger partial charge in [0, 0.05) is 42.5 Å². The maximum atomic E-state index is 13.8. The summed E-state index contributed by atoms with van der Waals surface area (Å²) in [5.74, 6) is 1.94. The Morgan fingerprint density at radius 3 is 2.67 bits per heavy atom. The molecule has 0 fully saturated rings. The number of fused-ring (bicyclic) bond motifs is 3. The summed E-state index contributed by atoms with van der Waals surface area (Å²) in [4.78, 5) is 19.2. The molecular weight excluding hydrogens is 395 g/mol. The lowest BCUT2D eigenvalue weighted by Gasteiger charge is -2.30. The molecule has 5 heteroatoms. The lowest BCUT2D eigenvalue weighted by molar-refractivity contribution is -0.128. The van der Waals surface area contributed by atoms with Crippen LogP contribution in [0.5, 0.6) is 0 Å². The molecule has 2 atom stereocenters. The van der Waals surface area contributed by atoms with Crippen LogP contribution in [0.1, 0.15) is 48.1 Å². The fourth-order valence-corrected chi connectivity index (χ4v) is 4.95. The van der Waals surface area contributed by atoms with Gasteiger partial charge in [-0.1, -0.05) is 19.1 Å². The molecule has 2 aliphatic rings. The predicted octanol–water partition coefficient (Wildman–Crippen LogP) is 5.45. The van der Waals surface area contributed by atoms with Crippen molar-refractivity contribution in [1.29, 1.82) is 0 Å². The van der Waals surface area contributed by atoms with Crippen molar-refractivity contribution in [3.05, 3.63) is 76.2 Å². The highest BCUT2D eigenvalue weighted by Crippen LogP contribution is 2.40. The van der Waals surface area contributed by atoms with E-state index in [1.54, 1.807) is 11.0 Å². The Balaban J connectivity index is 1.93. The Morgan fingerprint density at radius 1 is 1.17 bits per heavy atom. The van der Waals surface area contributed by atoms with Gasteiger partial charge in [-0.3, -0.25) is 9.79 Å². The first-order valence-electron chi connectivity index (χ1n) is 10.4. The van der Waals surface area contributed by atoms with Gasteiger partial charge < -0.3 is 4.90 Å². The van der Waals surface area contributed by atoms with Crippen molar-refractivity contribution in [2.45, 2.75) is 39.0 Å². The highest BCUT2D eigenvalue weighted by atomic mass is 32.2. The van der Waals surface area contributed by atoms with Crippen LogP contribution in [0.15, 0.2) is 47.6 Å². The third-order valence-electron chi connectivity index (χ3n) is 6.00. The van der Waals surface area contributed by atoms with Gasteiger partial charge in [0.25, 0.3) is 0 Å². The number of hydrogen-bond acceptors (Lipinski definition) is 3. The Morgan fingerprint density at radius 2 is 1.93 bits per heavy atom. The van der Waals surface area contributed by atoms with Gasteiger partial charge >= 0.3 is 0 Å². The van der Waals surface area contributed by atoms with E-state index in [0.29, 0.717) is 6.42 Å². The third kappa shape index (κ3) is 3.83. The topological polar surface area (TPSA) is 32.7 Å². The molecule has 2 aliphatic heterocycles. The summed E-state index contributed by atoms with van der Waals surface area (Å²) >= 11 is 1.89. The lowest BCUT2D eigenvalue weighted by Crippen LogP contribution is -2.33. The summed E-state index contributed by atoms with van der Waals surface area (Å²) < 4.78 is 13.8. The number of carbonyl (C=O) groups excluding carboxylic acids is 1. The lowest BCUT2D eigenvalue weighted by atomic mass is 9.81. The van der Waals surface area contributed by atoms with Crippen LogP contribution in [-0.4, -0.2) is 35.4 Å². The van der Waals surface area contributed by atoms with E-state index in [9.17, 15) is 9.18 Å². The van der Waals surface area contributed by atoms with E-state index < -0.39 is 0 Å². The Hall–Kier alpha value is -2.40. The SMILES string of the molecule is CCSCc1ccc2c(c1)C1=CN(C)C(=O)CC1[C@H](C)N=C2c1ccc(F)cc1C. The molecule has 0 N–H and O–H groups in total. The molecule has 1 amide bonds. The van der Waals surface area contributed by atoms with Gasteiger partial charge in [-0.25, -0.2) is 4.39 Å². The molecule has 2 heterocycles. The van der Waals surface area contributed by atoms with E-state index in [2.05, 4.69) is 32.0 Å². The highest BCUT2D eigenvalue weighted by molar-refractivity contribution is 7.98. The monoisotopic (exact) mass is 422 g/mol. The molecule has 2 aromatic carbocycles. The average molecular weight is 423 g/mol. The molecule has 0 aliphatic carbocycles. The van der Waals surface area contributed by atoms with Crippen LogP contribution >= 0.6 is 11.8 Å². The van der Waals surface area contributed by atoms with Crippen LogP contribution in [-0.2, 0) is 10.5 Å². The second kappa shape index (κ2) is 8.38. The van der Waals surface area contributed by atoms with Gasteiger partial charge in [0.2, 0.25) is 5.91 Å². The molecule has 156 valence electrons. The average Bonchev–Trinajstić information content (AvgIpc) is 2.82. The minimum atomic E-state index is -0.241. The Labute approximate surface area is 182 Å². The van der Waals surface area contributed by atoms with E-state index in [-0.39, 0.29) is 23.7 Å². The smallest absolute Gasteiger partial charge is 0.226 e. The van der Waals surface area contributed by atoms with Gasteiger partial charge in [-0.05, 0) is 66.1 Å². The summed E-state index contributed by atoms with van der Waals surface area (Å²) in [7, 11) is 1.82. The molecular formula is C25H27FN2OS. The number of amides is 1. The number of carbonyl (C=O) groups is 1. The first-order valence-corrected chi connectivity index (χ1v) is 11.6. The fraction of sp³-hybridized carbons (Fsp3) is 0.360. The van der Waals surface area contributed by atoms with Gasteiger partial charge in [0.15, 0.2) is 0 Å². The van der Waals surface area contributed by atoms with E-state index in [1.807, 2.05) is 38.0 Å². The van der Waals surface area contributed by atoms with Crippen molar-refractivity contribution < 1.29 is 9.18 Å². The molecule has 4 rings (SSSR count). The Bertz CT molecular complexity index is 1060. The van der Waals surface area contributed by atoms with Crippen LogP contribution in [0, 0.1) is 18.7 Å². The second-order valence-corrected chi connectivity index (χ2v) is 9.37. The predicted molar refractivity (Wildman–Crippen MR) is 123 cm³/mol. The number of halogens is 1. The quantitative estimate of drug-likeness (QED) is 0.657. The molecule has 30 heavy (non-hydrogen) atoms. The first kappa shape index (κ1) is 20.9. The van der Waals surface area contributed by atoms with Crippen molar-refractivity contribution in [3.8, 4) is 0 Å². The molecule has 0 bridgehead atoms. The number of rotatable bonds is 4. The molecule has 0 saturated heterocycles. The molecule has 1 unspecified atom stereocenters. The molecule has 2 aromatic rings. The van der Waals surface area contributed by atoms with Crippen LogP contribution in [0.25, 0.3) is 5.57 Å². The Kier molecular flexibility index (Phi) is 5.83. The number of nitrogens with zero attached hydrogens (tertiary/aromatic N) is 2. The van der Waals surface area contributed by atoms with E-state index in [1.165, 1.54) is 17.2 Å². The maximum absolute atomic E-state index is 13.8. The minimum Gasteiger partial charge on any atom is -0.322 e. The fourth-order valence-electron chi connectivity index (χ4n) is 4.34. The van der Waals surface area contributed by atoms with Gasteiger partial charge in [0.1, 0.15) is 5.82 Å². The molecule has 0 radical (unpaired) electrons. The maximum Gasteiger partial charge on any atom is 0.226 e. The zero-order valence-corrected chi connectivity index (χ0v) is 18.7. The van der Waals surface area contributed by atoms with E-state index in [0.717, 1.165) is 39.5 Å². The van der Waals surface area contributed by atoms with Crippen LogP contribution < -0.4 is 0 Å². The largest absolute Gasteiger partial charge is 0.322 e. The zero-order chi connectivity index (χ0) is 21.4. The van der Waals surface area contributed by atoms with E-state index in [4.69, 9.17) is 4.99 Å². The summed E-state index contributed by atoms with van der Waals surface area (Å²) in [5, 5.41) is 0. The van der Waals surface area contributed by atoms with E-state index >= 15 is 0 Å². The summed E-state index contributed by atoms with van der Waals surface area (Å²) in [6.07, 6.45) is 2.44. The van der Waals surface area contributed by atoms with Crippen LogP contribution in [0.4, 0.5) is 4.39 Å². The molecule has 0 saturated carbocycles. The van der Waals surface area contributed by atoms with Crippen LogP contribution in [0.3, 0.4) is 0 Å². The summed E-state index contributed by atoms with van der Waals surface area (Å²) in [5.41, 5.74) is 7.32. The standard InChI is InChI=1S/C25H27FN2OS/c1-5-30-14-17-6-8-20-22(11-17)23-13-28(4)24(29)12-21(23)16(3)27-25(20)19-9-7-18(26)10-15(19)2/h6-11,13,16,21H,5,12,14H2,1-4H3/t16-,21?/m0/s1. The zero-order valence-electron chi connectivity index (χ0n) is 17.9. The number of benzene rings is 2. The van der Waals surface area contributed by atoms with Gasteiger partial charge in [0.05, 0.1) is 11.8 Å². The van der Waals surface area contributed by atoms with Crippen molar-refractivity contribution in [2.24, 2.45) is 10.9 Å². The second-order valence-electron chi connectivity index (χ2n) is 8.09. The molecule has 0 spiro atoms. The van der Waals surface area contributed by atoms with Crippen molar-refractivity contribution in [1.82, 2.24) is 4.90 Å². The van der Waals surface area contributed by atoms with Gasteiger partial charge in [-0.2, -0.15) is 11.8 Å². The van der Waals surface area contributed by atoms with Crippen LogP contribution in [0.2, 0.25) is 0 Å². The first-order chi connectivity index (χ1) is 14.4. The minimum absolute atomic E-state index is 0.0415. The highest BCUT2D eigenvalue weighted by Gasteiger charge is 2.35. The van der Waals surface area contributed by atoms with Crippen molar-refractivity contribution in [3.63, 3.8) is 0 Å². The van der Waals surface area contributed by atoms with Crippen molar-refractivity contribution in [2.75, 3.05) is 12.8 Å².